The third-order valence-corrected chi connectivity index (χ3v) is 9.24. The standard InChI is InChI=1S/2C16H21N5O6/c1-3-4-9-13(15(24)25)18-19-21(9)10-5-12(27-11(10)7-22)20-6-8(2)14(23)17-16(20)26;1-3-4-9-13(15(24)25)21(19-18-9)10-5-12(27-11(10)7-22)20-6-8(2)14(23)17-16(20)26/h2*6,10-12,22H,3-5,7H2,1-2H3,(H,24,25)(H,17,23,26)/t10-,11+,12+;10?,11-,12-/m01/s1. The van der Waals surface area contributed by atoms with Crippen molar-refractivity contribution in [2.75, 3.05) is 13.2 Å². The number of hydrogen-bond donors (Lipinski definition) is 6. The number of rotatable bonds is 12. The molecule has 0 radical (unpaired) electrons. The highest BCUT2D eigenvalue weighted by atomic mass is 16.5. The van der Waals surface area contributed by atoms with Crippen LogP contribution in [0, 0.1) is 13.8 Å². The molecule has 6 heterocycles. The van der Waals surface area contributed by atoms with Crippen molar-refractivity contribution in [2.45, 2.75) is 103 Å². The summed E-state index contributed by atoms with van der Waals surface area (Å²) in [5.74, 6) is -2.34. The van der Waals surface area contributed by atoms with Gasteiger partial charge in [-0.15, -0.1) is 10.2 Å². The Morgan fingerprint density at radius 3 is 1.69 bits per heavy atom. The molecule has 0 spiro atoms. The topological polar surface area (TPSA) is 305 Å². The van der Waals surface area contributed by atoms with Crippen LogP contribution >= 0.6 is 0 Å². The highest BCUT2D eigenvalue weighted by molar-refractivity contribution is 5.87. The van der Waals surface area contributed by atoms with Crippen LogP contribution in [0.3, 0.4) is 0 Å². The van der Waals surface area contributed by atoms with Crippen LogP contribution in [0.5, 0.6) is 0 Å². The molecule has 2 fully saturated rings. The third-order valence-electron chi connectivity index (χ3n) is 9.24. The predicted molar refractivity (Wildman–Crippen MR) is 183 cm³/mol. The van der Waals surface area contributed by atoms with Gasteiger partial charge in [-0.05, 0) is 26.7 Å². The zero-order valence-corrected chi connectivity index (χ0v) is 29.9. The Balaban J connectivity index is 0.000000208. The molecule has 0 aliphatic carbocycles. The van der Waals surface area contributed by atoms with Crippen molar-refractivity contribution >= 4 is 11.9 Å². The fourth-order valence-electron chi connectivity index (χ4n) is 6.62. The number of aromatic nitrogens is 10. The lowest BCUT2D eigenvalue weighted by molar-refractivity contribution is -0.0325. The minimum Gasteiger partial charge on any atom is -0.476 e. The normalized spacial score (nSPS) is 22.3. The van der Waals surface area contributed by atoms with Gasteiger partial charge in [-0.3, -0.25) is 28.7 Å². The van der Waals surface area contributed by atoms with Gasteiger partial charge in [0.2, 0.25) is 0 Å². The molecule has 22 nitrogen and oxygen atoms in total. The van der Waals surface area contributed by atoms with Crippen LogP contribution in [0.1, 0.15) is 108 Å². The van der Waals surface area contributed by atoms with E-state index in [0.717, 1.165) is 0 Å². The Labute approximate surface area is 304 Å². The first-order valence-corrected chi connectivity index (χ1v) is 17.3. The molecular formula is C32H42N10O12. The maximum absolute atomic E-state index is 12.1. The Bertz CT molecular complexity index is 2230. The van der Waals surface area contributed by atoms with Crippen LogP contribution in [0.15, 0.2) is 31.6 Å². The van der Waals surface area contributed by atoms with Gasteiger partial charge >= 0.3 is 23.3 Å². The van der Waals surface area contributed by atoms with Gasteiger partial charge < -0.3 is 29.9 Å². The number of hydrogen-bond acceptors (Lipinski definition) is 14. The molecule has 22 heteroatoms. The van der Waals surface area contributed by atoms with E-state index in [9.17, 15) is 49.2 Å². The van der Waals surface area contributed by atoms with Crippen LogP contribution in [-0.4, -0.2) is 107 Å². The lowest BCUT2D eigenvalue weighted by Crippen LogP contribution is -2.33. The molecule has 292 valence electrons. The highest BCUT2D eigenvalue weighted by Gasteiger charge is 2.42. The zero-order valence-electron chi connectivity index (χ0n) is 29.9. The molecule has 1 unspecified atom stereocenters. The molecule has 0 aromatic carbocycles. The van der Waals surface area contributed by atoms with E-state index < -0.39 is 71.2 Å². The van der Waals surface area contributed by atoms with Gasteiger partial charge in [0.25, 0.3) is 11.1 Å². The van der Waals surface area contributed by atoms with Crippen molar-refractivity contribution < 1.29 is 39.5 Å². The molecule has 0 amide bonds. The minimum absolute atomic E-state index is 0.0467. The summed E-state index contributed by atoms with van der Waals surface area (Å²) < 4.78 is 16.8. The predicted octanol–water partition coefficient (Wildman–Crippen LogP) is -0.783. The molecule has 2 saturated heterocycles. The van der Waals surface area contributed by atoms with E-state index in [1.807, 2.05) is 13.8 Å². The van der Waals surface area contributed by atoms with Crippen LogP contribution in [-0.2, 0) is 22.3 Å². The number of carbonyl (C=O) groups is 2. The van der Waals surface area contributed by atoms with E-state index in [1.54, 1.807) is 13.8 Å². The van der Waals surface area contributed by atoms with Crippen molar-refractivity contribution in [1.29, 1.82) is 0 Å². The Morgan fingerprint density at radius 1 is 0.759 bits per heavy atom. The number of aliphatic hydroxyl groups excluding tert-OH is 2. The molecule has 2 aliphatic heterocycles. The van der Waals surface area contributed by atoms with Gasteiger partial charge in [-0.1, -0.05) is 37.1 Å². The summed E-state index contributed by atoms with van der Waals surface area (Å²) in [7, 11) is 0. The largest absolute Gasteiger partial charge is 0.476 e. The maximum Gasteiger partial charge on any atom is 0.358 e. The zero-order chi connectivity index (χ0) is 39.4. The second-order valence-corrected chi connectivity index (χ2v) is 13.0. The number of aliphatic hydroxyl groups is 2. The number of ether oxygens (including phenoxy) is 2. The van der Waals surface area contributed by atoms with Crippen LogP contribution in [0.4, 0.5) is 0 Å². The Hall–Kier alpha value is -5.58. The lowest BCUT2D eigenvalue weighted by atomic mass is 10.1. The minimum atomic E-state index is -1.17. The summed E-state index contributed by atoms with van der Waals surface area (Å²) >= 11 is 0. The van der Waals surface area contributed by atoms with E-state index in [2.05, 4.69) is 30.6 Å². The fourth-order valence-corrected chi connectivity index (χ4v) is 6.62. The average Bonchev–Trinajstić information content (AvgIpc) is 3.93. The number of nitrogens with zero attached hydrogens (tertiary/aromatic N) is 8. The summed E-state index contributed by atoms with van der Waals surface area (Å²) in [5, 5.41) is 54.0. The Morgan fingerprint density at radius 2 is 1.24 bits per heavy atom. The molecule has 6 rings (SSSR count). The first kappa shape index (κ1) is 39.6. The number of carboxylic acid groups (broad SMARTS) is 2. The number of aromatic amines is 2. The van der Waals surface area contributed by atoms with Gasteiger partial charge in [-0.25, -0.2) is 28.5 Å². The lowest BCUT2D eigenvalue weighted by Gasteiger charge is -2.18. The van der Waals surface area contributed by atoms with Crippen molar-refractivity contribution in [3.63, 3.8) is 0 Å². The van der Waals surface area contributed by atoms with Gasteiger partial charge in [0.15, 0.2) is 11.4 Å². The smallest absolute Gasteiger partial charge is 0.358 e. The molecule has 4 aromatic heterocycles. The summed E-state index contributed by atoms with van der Waals surface area (Å²) in [4.78, 5) is 74.9. The molecular weight excluding hydrogens is 716 g/mol. The number of aromatic carboxylic acids is 2. The van der Waals surface area contributed by atoms with E-state index in [1.165, 1.54) is 30.9 Å². The first-order valence-electron chi connectivity index (χ1n) is 17.3. The molecule has 6 atom stereocenters. The van der Waals surface area contributed by atoms with Crippen LogP contribution < -0.4 is 22.5 Å². The summed E-state index contributed by atoms with van der Waals surface area (Å²) in [5.41, 5.74) is -0.908. The molecule has 4 aromatic rings. The van der Waals surface area contributed by atoms with Crippen LogP contribution in [0.25, 0.3) is 0 Å². The van der Waals surface area contributed by atoms with Crippen molar-refractivity contribution in [1.82, 2.24) is 49.1 Å². The second-order valence-electron chi connectivity index (χ2n) is 13.0. The summed E-state index contributed by atoms with van der Waals surface area (Å²) in [6.45, 7) is 6.21. The second kappa shape index (κ2) is 16.6. The van der Waals surface area contributed by atoms with Crippen molar-refractivity contribution in [2.24, 2.45) is 0 Å². The van der Waals surface area contributed by atoms with E-state index >= 15 is 0 Å². The quantitative estimate of drug-likeness (QED) is 0.103. The van der Waals surface area contributed by atoms with Crippen LogP contribution in [0.2, 0.25) is 0 Å². The first-order chi connectivity index (χ1) is 25.7. The molecule has 6 N–H and O–H groups in total. The summed E-state index contributed by atoms with van der Waals surface area (Å²) in [6.07, 6.45) is 2.54. The van der Waals surface area contributed by atoms with Gasteiger partial charge in [0.1, 0.15) is 24.7 Å². The highest BCUT2D eigenvalue weighted by Crippen LogP contribution is 2.38. The third kappa shape index (κ3) is 7.85. The van der Waals surface area contributed by atoms with E-state index in [-0.39, 0.29) is 37.4 Å². The van der Waals surface area contributed by atoms with E-state index in [0.29, 0.717) is 48.2 Å². The van der Waals surface area contributed by atoms with E-state index in [4.69, 9.17) is 9.47 Å². The molecule has 0 saturated carbocycles. The van der Waals surface area contributed by atoms with Gasteiger partial charge in [-0.2, -0.15) is 0 Å². The molecule has 0 bridgehead atoms. The number of nitrogens with one attached hydrogen (secondary N) is 2. The maximum atomic E-state index is 12.1. The number of H-pyrrole nitrogens is 2. The number of aryl methyl sites for hydroxylation is 3. The fraction of sp³-hybridized carbons (Fsp3) is 0.562. The number of carboxylic acids is 2. The molecule has 2 aliphatic rings. The monoisotopic (exact) mass is 758 g/mol. The van der Waals surface area contributed by atoms with Gasteiger partial charge in [0.05, 0.1) is 36.7 Å². The average molecular weight is 759 g/mol. The van der Waals surface area contributed by atoms with Crippen molar-refractivity contribution in [3.05, 3.63) is 88.0 Å². The Kier molecular flexibility index (Phi) is 12.2. The summed E-state index contributed by atoms with van der Waals surface area (Å²) in [6, 6.07) is -1.12. The van der Waals surface area contributed by atoms with Gasteiger partial charge in [0, 0.05) is 36.4 Å². The van der Waals surface area contributed by atoms with Crippen molar-refractivity contribution in [3.8, 4) is 0 Å². The SMILES string of the molecule is CCCc1c(C(=O)O)nnn1[C@H]1C[C@H](n2cc(C)c(=O)[nH]c2=O)O[C@@H]1CO.CCCc1nnn(C2C[C@H](n3cc(C)c(=O)[nH]c3=O)O[C@@H]2CO)c1C(=O)O. The molecule has 54 heavy (non-hydrogen) atoms.